The van der Waals surface area contributed by atoms with Crippen molar-refractivity contribution in [1.82, 2.24) is 5.32 Å². The van der Waals surface area contributed by atoms with Crippen molar-refractivity contribution in [3.63, 3.8) is 0 Å². The van der Waals surface area contributed by atoms with Gasteiger partial charge in [-0.3, -0.25) is 4.79 Å². The highest BCUT2D eigenvalue weighted by Gasteiger charge is 2.14. The third-order valence-corrected chi connectivity index (χ3v) is 4.72. The van der Waals surface area contributed by atoms with Gasteiger partial charge in [0.2, 0.25) is 5.91 Å². The molecule has 0 bridgehead atoms. The van der Waals surface area contributed by atoms with Crippen LogP contribution in [0.25, 0.3) is 0 Å². The summed E-state index contributed by atoms with van der Waals surface area (Å²) in [6.07, 6.45) is 7.93. The van der Waals surface area contributed by atoms with E-state index in [-0.39, 0.29) is 18.6 Å². The molecule has 0 fully saturated rings. The number of rotatable bonds is 7. The molecule has 3 nitrogen and oxygen atoms in total. The van der Waals surface area contributed by atoms with Crippen LogP contribution in [0, 0.1) is 0 Å². The molecule has 2 N–H and O–H groups in total. The van der Waals surface area contributed by atoms with E-state index in [4.69, 9.17) is 5.11 Å². The van der Waals surface area contributed by atoms with Gasteiger partial charge >= 0.3 is 0 Å². The molecule has 4 heteroatoms. The molecule has 0 saturated heterocycles. The highest BCUT2D eigenvalue weighted by Crippen LogP contribution is 2.22. The fourth-order valence-electron chi connectivity index (χ4n) is 2.92. The number of thioether (sulfide) groups is 1. The van der Waals surface area contributed by atoms with Crippen LogP contribution in [0.5, 0.6) is 0 Å². The maximum atomic E-state index is 12.1. The smallest absolute Gasteiger partial charge is 0.224 e. The average molecular weight is 307 g/mol. The largest absolute Gasteiger partial charge is 0.396 e. The van der Waals surface area contributed by atoms with Crippen molar-refractivity contribution in [3.8, 4) is 0 Å². The molecule has 2 rings (SSSR count). The maximum absolute atomic E-state index is 12.1. The summed E-state index contributed by atoms with van der Waals surface area (Å²) in [6.45, 7) is 0.115. The Bertz CT molecular complexity index is 470. The highest BCUT2D eigenvalue weighted by atomic mass is 32.2. The van der Waals surface area contributed by atoms with E-state index in [1.165, 1.54) is 30.4 Å². The minimum absolute atomic E-state index is 0.0539. The van der Waals surface area contributed by atoms with Gasteiger partial charge in [-0.1, -0.05) is 18.2 Å². The summed E-state index contributed by atoms with van der Waals surface area (Å²) in [7, 11) is 0. The van der Waals surface area contributed by atoms with Gasteiger partial charge in [-0.25, -0.2) is 0 Å². The van der Waals surface area contributed by atoms with Crippen molar-refractivity contribution in [2.24, 2.45) is 0 Å². The fraction of sp³-hybridized carbons (Fsp3) is 0.588. The number of hydrogen-bond acceptors (Lipinski definition) is 3. The van der Waals surface area contributed by atoms with E-state index in [0.717, 1.165) is 17.7 Å². The third kappa shape index (κ3) is 5.04. The first kappa shape index (κ1) is 16.4. The van der Waals surface area contributed by atoms with Crippen molar-refractivity contribution in [1.29, 1.82) is 0 Å². The molecule has 0 saturated carbocycles. The second kappa shape index (κ2) is 8.44. The van der Waals surface area contributed by atoms with E-state index in [2.05, 4.69) is 23.5 Å². The normalized spacial score (nSPS) is 15.3. The van der Waals surface area contributed by atoms with Crippen LogP contribution in [-0.4, -0.2) is 35.7 Å². The van der Waals surface area contributed by atoms with Gasteiger partial charge in [0.1, 0.15) is 0 Å². The maximum Gasteiger partial charge on any atom is 0.224 e. The summed E-state index contributed by atoms with van der Waals surface area (Å²) in [6, 6.07) is 6.53. The lowest BCUT2D eigenvalue weighted by Crippen LogP contribution is -2.38. The molecule has 21 heavy (non-hydrogen) atoms. The van der Waals surface area contributed by atoms with Crippen molar-refractivity contribution < 1.29 is 9.90 Å². The van der Waals surface area contributed by atoms with Crippen LogP contribution in [0.3, 0.4) is 0 Å². The summed E-state index contributed by atoms with van der Waals surface area (Å²) in [4.78, 5) is 12.1. The Morgan fingerprint density at radius 2 is 2.10 bits per heavy atom. The van der Waals surface area contributed by atoms with Crippen LogP contribution >= 0.6 is 11.8 Å². The van der Waals surface area contributed by atoms with Crippen molar-refractivity contribution in [2.75, 3.05) is 18.6 Å². The molecule has 0 spiro atoms. The van der Waals surface area contributed by atoms with E-state index in [9.17, 15) is 4.79 Å². The molecule has 0 heterocycles. The van der Waals surface area contributed by atoms with Gasteiger partial charge in [0.15, 0.2) is 0 Å². The monoisotopic (exact) mass is 307 g/mol. The molecular weight excluding hydrogens is 282 g/mol. The minimum Gasteiger partial charge on any atom is -0.396 e. The molecule has 1 aromatic rings. The van der Waals surface area contributed by atoms with E-state index in [0.29, 0.717) is 12.8 Å². The number of aliphatic hydroxyl groups is 1. The van der Waals surface area contributed by atoms with E-state index < -0.39 is 0 Å². The Balaban J connectivity index is 1.92. The molecule has 1 aliphatic rings. The Morgan fingerprint density at radius 3 is 2.81 bits per heavy atom. The first-order valence-electron chi connectivity index (χ1n) is 7.72. The minimum atomic E-state index is 0.0539. The van der Waals surface area contributed by atoms with Crippen LogP contribution < -0.4 is 5.32 Å². The molecule has 1 amide bonds. The summed E-state index contributed by atoms with van der Waals surface area (Å²) < 4.78 is 0. The number of aliphatic hydroxyl groups excluding tert-OH is 1. The Hall–Kier alpha value is -1.00. The summed E-state index contributed by atoms with van der Waals surface area (Å²) in [5.41, 5.74) is 3.97. The lowest BCUT2D eigenvalue weighted by molar-refractivity contribution is -0.121. The lowest BCUT2D eigenvalue weighted by Gasteiger charge is -2.18. The molecule has 1 aromatic carbocycles. The molecule has 116 valence electrons. The first-order chi connectivity index (χ1) is 10.2. The molecule has 1 unspecified atom stereocenters. The predicted octanol–water partition coefficient (Wildman–Crippen LogP) is 2.34. The number of aryl methyl sites for hydroxylation is 2. The van der Waals surface area contributed by atoms with E-state index in [1.807, 2.05) is 6.26 Å². The third-order valence-electron chi connectivity index (χ3n) is 3.99. The molecule has 1 aliphatic carbocycles. The van der Waals surface area contributed by atoms with Crippen LogP contribution in [0.15, 0.2) is 18.2 Å². The molecule has 0 aliphatic heterocycles. The average Bonchev–Trinajstić information content (AvgIpc) is 2.47. The number of hydrogen-bond donors (Lipinski definition) is 2. The number of carbonyl (C=O) groups excluding carboxylic acids is 1. The van der Waals surface area contributed by atoms with Crippen LogP contribution in [0.1, 0.15) is 36.0 Å². The molecule has 1 atom stereocenters. The number of carbonyl (C=O) groups is 1. The van der Waals surface area contributed by atoms with Gasteiger partial charge in [-0.05, 0) is 55.1 Å². The standard InChI is InChI=1S/C17H25NO2S/c1-21-12-16(8-9-19)18-17(20)11-13-6-7-14-4-2-3-5-15(14)10-13/h6-7,10,16,19H,2-5,8-9,11-12H2,1H3,(H,18,20). The Kier molecular flexibility index (Phi) is 6.58. The second-order valence-electron chi connectivity index (χ2n) is 5.72. The number of nitrogens with one attached hydrogen (secondary N) is 1. The van der Waals surface area contributed by atoms with Gasteiger partial charge in [0.25, 0.3) is 0 Å². The Morgan fingerprint density at radius 1 is 1.33 bits per heavy atom. The van der Waals surface area contributed by atoms with Gasteiger partial charge < -0.3 is 10.4 Å². The van der Waals surface area contributed by atoms with Gasteiger partial charge in [0, 0.05) is 18.4 Å². The summed E-state index contributed by atoms with van der Waals surface area (Å²) in [5.74, 6) is 0.898. The number of fused-ring (bicyclic) bond motifs is 1. The van der Waals surface area contributed by atoms with Crippen LogP contribution in [-0.2, 0) is 24.1 Å². The second-order valence-corrected chi connectivity index (χ2v) is 6.63. The first-order valence-corrected chi connectivity index (χ1v) is 9.12. The van der Waals surface area contributed by atoms with E-state index in [1.54, 1.807) is 11.8 Å². The molecular formula is C17H25NO2S. The fourth-order valence-corrected chi connectivity index (χ4v) is 3.57. The zero-order valence-corrected chi connectivity index (χ0v) is 13.5. The van der Waals surface area contributed by atoms with Gasteiger partial charge in [-0.2, -0.15) is 11.8 Å². The van der Waals surface area contributed by atoms with Crippen LogP contribution in [0.2, 0.25) is 0 Å². The highest BCUT2D eigenvalue weighted by molar-refractivity contribution is 7.98. The van der Waals surface area contributed by atoms with Crippen molar-refractivity contribution >= 4 is 17.7 Å². The SMILES string of the molecule is CSCC(CCO)NC(=O)Cc1ccc2c(c1)CCCC2. The van der Waals surface area contributed by atoms with E-state index >= 15 is 0 Å². The predicted molar refractivity (Wildman–Crippen MR) is 88.8 cm³/mol. The van der Waals surface area contributed by atoms with Crippen molar-refractivity contribution in [2.45, 2.75) is 44.6 Å². The zero-order valence-electron chi connectivity index (χ0n) is 12.7. The van der Waals surface area contributed by atoms with Crippen molar-refractivity contribution in [3.05, 3.63) is 34.9 Å². The number of benzene rings is 1. The number of amides is 1. The quantitative estimate of drug-likeness (QED) is 0.813. The zero-order chi connectivity index (χ0) is 15.1. The van der Waals surface area contributed by atoms with Crippen LogP contribution in [0.4, 0.5) is 0 Å². The molecule has 0 radical (unpaired) electrons. The Labute approximate surface area is 131 Å². The molecule has 0 aromatic heterocycles. The lowest BCUT2D eigenvalue weighted by atomic mass is 9.90. The summed E-state index contributed by atoms with van der Waals surface area (Å²) >= 11 is 1.69. The van der Waals surface area contributed by atoms with Gasteiger partial charge in [-0.15, -0.1) is 0 Å². The topological polar surface area (TPSA) is 49.3 Å². The van der Waals surface area contributed by atoms with Gasteiger partial charge in [0.05, 0.1) is 6.42 Å². The summed E-state index contributed by atoms with van der Waals surface area (Å²) in [5, 5.41) is 12.1.